The van der Waals surface area contributed by atoms with E-state index in [-0.39, 0.29) is 0 Å². The first kappa shape index (κ1) is 15.8. The van der Waals surface area contributed by atoms with Crippen molar-refractivity contribution >= 4 is 39.2 Å². The van der Waals surface area contributed by atoms with E-state index in [2.05, 4.69) is 25.1 Å². The molecule has 0 saturated carbocycles. The molecule has 2 heterocycles. The first-order valence-electron chi connectivity index (χ1n) is 7.99. The van der Waals surface area contributed by atoms with Crippen molar-refractivity contribution in [2.45, 2.75) is 32.1 Å². The number of thioether (sulfide) groups is 1. The van der Waals surface area contributed by atoms with Crippen LogP contribution in [0.2, 0.25) is 0 Å². The van der Waals surface area contributed by atoms with Gasteiger partial charge in [0.2, 0.25) is 5.91 Å². The maximum absolute atomic E-state index is 12.1. The third-order valence-corrected chi connectivity index (χ3v) is 6.43. The number of likely N-dealkylation sites (tertiary alicyclic amines) is 1. The Hall–Kier alpha value is -1.07. The fourth-order valence-electron chi connectivity index (χ4n) is 2.84. The predicted molar refractivity (Wildman–Crippen MR) is 95.8 cm³/mol. The van der Waals surface area contributed by atoms with E-state index in [4.69, 9.17) is 4.98 Å². The van der Waals surface area contributed by atoms with Gasteiger partial charge in [-0.2, -0.15) is 11.8 Å². The molecule has 1 aliphatic heterocycles. The zero-order valence-corrected chi connectivity index (χ0v) is 14.6. The number of hydrogen-bond acceptors (Lipinski definition) is 4. The van der Waals surface area contributed by atoms with Crippen molar-refractivity contribution in [1.29, 1.82) is 0 Å². The average molecular weight is 335 g/mol. The second-order valence-electron chi connectivity index (χ2n) is 5.73. The Bertz CT molecular complexity index is 599. The van der Waals surface area contributed by atoms with E-state index >= 15 is 0 Å². The molecule has 1 saturated heterocycles. The summed E-state index contributed by atoms with van der Waals surface area (Å²) in [7, 11) is 0. The molecule has 1 aliphatic rings. The number of amides is 1. The standard InChI is InChI=1S/C17H22N2OS2/c1-2-11-21-12-16(20)19-9-7-13(8-10-19)17-18-14-5-3-4-6-15(14)22-17/h3-6,13H,2,7-12H2,1H3. The molecule has 0 N–H and O–H groups in total. The number of aromatic nitrogens is 1. The van der Waals surface area contributed by atoms with Crippen LogP contribution in [0.5, 0.6) is 0 Å². The number of carbonyl (C=O) groups is 1. The SMILES string of the molecule is CCCSCC(=O)N1CCC(c2nc3ccccc3s2)CC1. The fourth-order valence-corrected chi connectivity index (χ4v) is 4.76. The van der Waals surface area contributed by atoms with Gasteiger partial charge >= 0.3 is 0 Å². The van der Waals surface area contributed by atoms with Gasteiger partial charge < -0.3 is 4.90 Å². The van der Waals surface area contributed by atoms with Crippen LogP contribution < -0.4 is 0 Å². The number of carbonyl (C=O) groups excluding carboxylic acids is 1. The van der Waals surface area contributed by atoms with Crippen molar-refractivity contribution in [3.63, 3.8) is 0 Å². The number of hydrogen-bond donors (Lipinski definition) is 0. The third-order valence-electron chi connectivity index (χ3n) is 4.08. The molecule has 5 heteroatoms. The summed E-state index contributed by atoms with van der Waals surface area (Å²) < 4.78 is 1.27. The van der Waals surface area contributed by atoms with Crippen LogP contribution in [0.25, 0.3) is 10.2 Å². The van der Waals surface area contributed by atoms with Gasteiger partial charge in [0, 0.05) is 19.0 Å². The number of nitrogens with zero attached hydrogens (tertiary/aromatic N) is 2. The Morgan fingerprint density at radius 1 is 1.36 bits per heavy atom. The van der Waals surface area contributed by atoms with Gasteiger partial charge in [0.1, 0.15) is 0 Å². The van der Waals surface area contributed by atoms with E-state index in [1.165, 1.54) is 9.71 Å². The van der Waals surface area contributed by atoms with E-state index in [1.54, 1.807) is 11.8 Å². The van der Waals surface area contributed by atoms with Crippen LogP contribution in [-0.2, 0) is 4.79 Å². The number of para-hydroxylation sites is 1. The lowest BCUT2D eigenvalue weighted by Gasteiger charge is -2.31. The predicted octanol–water partition coefficient (Wildman–Crippen LogP) is 4.15. The molecule has 118 valence electrons. The maximum atomic E-state index is 12.1. The highest BCUT2D eigenvalue weighted by molar-refractivity contribution is 7.99. The summed E-state index contributed by atoms with van der Waals surface area (Å²) in [5.74, 6) is 2.54. The molecule has 1 aromatic heterocycles. The molecule has 0 bridgehead atoms. The van der Waals surface area contributed by atoms with Gasteiger partial charge in [0.25, 0.3) is 0 Å². The highest BCUT2D eigenvalue weighted by Crippen LogP contribution is 2.33. The number of thiazole rings is 1. The molecule has 22 heavy (non-hydrogen) atoms. The maximum Gasteiger partial charge on any atom is 0.232 e. The molecule has 0 atom stereocenters. The molecule has 1 aromatic carbocycles. The van der Waals surface area contributed by atoms with Crippen LogP contribution in [0.3, 0.4) is 0 Å². The van der Waals surface area contributed by atoms with Gasteiger partial charge in [-0.05, 0) is 37.1 Å². The van der Waals surface area contributed by atoms with Gasteiger partial charge in [-0.25, -0.2) is 4.98 Å². The van der Waals surface area contributed by atoms with Crippen LogP contribution in [0.1, 0.15) is 37.1 Å². The Morgan fingerprint density at radius 2 is 2.14 bits per heavy atom. The molecule has 1 fully saturated rings. The van der Waals surface area contributed by atoms with Crippen LogP contribution in [0.4, 0.5) is 0 Å². The topological polar surface area (TPSA) is 33.2 Å². The molecule has 3 nitrogen and oxygen atoms in total. The lowest BCUT2D eigenvalue weighted by Crippen LogP contribution is -2.39. The van der Waals surface area contributed by atoms with Crippen molar-refractivity contribution < 1.29 is 4.79 Å². The zero-order valence-electron chi connectivity index (χ0n) is 13.0. The Labute approximate surface area is 140 Å². The highest BCUT2D eigenvalue weighted by Gasteiger charge is 2.25. The summed E-state index contributed by atoms with van der Waals surface area (Å²) in [6.45, 7) is 3.92. The second kappa shape index (κ2) is 7.47. The average Bonchev–Trinajstić information content (AvgIpc) is 2.99. The van der Waals surface area contributed by atoms with E-state index in [0.717, 1.165) is 43.6 Å². The second-order valence-corrected chi connectivity index (χ2v) is 7.89. The summed E-state index contributed by atoms with van der Waals surface area (Å²) in [6, 6.07) is 8.33. The smallest absolute Gasteiger partial charge is 0.232 e. The van der Waals surface area contributed by atoms with Crippen molar-refractivity contribution in [3.8, 4) is 0 Å². The monoisotopic (exact) mass is 334 g/mol. The van der Waals surface area contributed by atoms with Gasteiger partial charge in [0.05, 0.1) is 21.0 Å². The summed E-state index contributed by atoms with van der Waals surface area (Å²) in [6.07, 6.45) is 3.23. The van der Waals surface area contributed by atoms with E-state index in [1.807, 2.05) is 22.3 Å². The zero-order chi connectivity index (χ0) is 15.4. The minimum atomic E-state index is 0.307. The fraction of sp³-hybridized carbons (Fsp3) is 0.529. The number of rotatable bonds is 5. The van der Waals surface area contributed by atoms with Crippen molar-refractivity contribution in [1.82, 2.24) is 9.88 Å². The van der Waals surface area contributed by atoms with Gasteiger partial charge in [-0.3, -0.25) is 4.79 Å². The van der Waals surface area contributed by atoms with E-state index in [9.17, 15) is 4.79 Å². The first-order chi connectivity index (χ1) is 10.8. The van der Waals surface area contributed by atoms with Crippen molar-refractivity contribution in [3.05, 3.63) is 29.3 Å². The number of piperidine rings is 1. The van der Waals surface area contributed by atoms with Gasteiger partial charge in [-0.1, -0.05) is 19.1 Å². The van der Waals surface area contributed by atoms with E-state index in [0.29, 0.717) is 17.6 Å². The van der Waals surface area contributed by atoms with Gasteiger partial charge in [0.15, 0.2) is 0 Å². The van der Waals surface area contributed by atoms with Crippen LogP contribution in [0, 0.1) is 0 Å². The minimum absolute atomic E-state index is 0.307. The summed E-state index contributed by atoms with van der Waals surface area (Å²) in [4.78, 5) is 19.0. The molecule has 2 aromatic rings. The normalized spacial score (nSPS) is 16.3. The quantitative estimate of drug-likeness (QED) is 0.770. The Kier molecular flexibility index (Phi) is 5.37. The molecule has 0 aliphatic carbocycles. The Balaban J connectivity index is 1.56. The molecule has 0 radical (unpaired) electrons. The summed E-state index contributed by atoms with van der Waals surface area (Å²) in [5.41, 5.74) is 1.11. The van der Waals surface area contributed by atoms with Crippen molar-refractivity contribution in [2.24, 2.45) is 0 Å². The number of benzene rings is 1. The lowest BCUT2D eigenvalue weighted by atomic mass is 9.97. The summed E-state index contributed by atoms with van der Waals surface area (Å²) >= 11 is 3.57. The lowest BCUT2D eigenvalue weighted by molar-refractivity contribution is -0.129. The van der Waals surface area contributed by atoms with Crippen molar-refractivity contribution in [2.75, 3.05) is 24.6 Å². The minimum Gasteiger partial charge on any atom is -0.342 e. The largest absolute Gasteiger partial charge is 0.342 e. The van der Waals surface area contributed by atoms with Crippen LogP contribution >= 0.6 is 23.1 Å². The van der Waals surface area contributed by atoms with E-state index < -0.39 is 0 Å². The molecular formula is C17H22N2OS2. The Morgan fingerprint density at radius 3 is 2.86 bits per heavy atom. The van der Waals surface area contributed by atoms with Crippen LogP contribution in [0.15, 0.2) is 24.3 Å². The molecular weight excluding hydrogens is 312 g/mol. The molecule has 1 amide bonds. The highest BCUT2D eigenvalue weighted by atomic mass is 32.2. The number of fused-ring (bicyclic) bond motifs is 1. The van der Waals surface area contributed by atoms with Gasteiger partial charge in [-0.15, -0.1) is 11.3 Å². The third kappa shape index (κ3) is 3.63. The molecule has 0 unspecified atom stereocenters. The molecule has 3 rings (SSSR count). The summed E-state index contributed by atoms with van der Waals surface area (Å²) in [5, 5.41) is 1.24. The molecule has 0 spiro atoms. The first-order valence-corrected chi connectivity index (χ1v) is 9.96. The van der Waals surface area contributed by atoms with Crippen LogP contribution in [-0.4, -0.2) is 40.4 Å².